The molecule has 0 saturated carbocycles. The highest BCUT2D eigenvalue weighted by molar-refractivity contribution is 7.77. The van der Waals surface area contributed by atoms with Crippen LogP contribution in [0.1, 0.15) is 166 Å². The molecule has 2 fully saturated rings. The molecule has 0 bridgehead atoms. The lowest BCUT2D eigenvalue weighted by Gasteiger charge is -2.32. The molecule has 6 rings (SSSR count). The van der Waals surface area contributed by atoms with E-state index < -0.39 is 113 Å². The van der Waals surface area contributed by atoms with Gasteiger partial charge in [-0.25, -0.2) is 44.8 Å². The van der Waals surface area contributed by atoms with Crippen molar-refractivity contribution in [2.75, 3.05) is 59.5 Å². The van der Waals surface area contributed by atoms with Crippen LogP contribution < -0.4 is 18.8 Å². The molecule has 4 heterocycles. The summed E-state index contributed by atoms with van der Waals surface area (Å²) in [6, 6.07) is 13.5. The quantitative estimate of drug-likeness (QED) is 0.0247. The summed E-state index contributed by atoms with van der Waals surface area (Å²) in [4.78, 5) is 173. The number of ketones is 5. The number of hydrogen-bond acceptors (Lipinski definition) is 38. The van der Waals surface area contributed by atoms with Gasteiger partial charge in [0.2, 0.25) is 0 Å². The van der Waals surface area contributed by atoms with Crippen molar-refractivity contribution in [3.05, 3.63) is 59.7 Å². The third kappa shape index (κ3) is 45.5. The number of hydrogen-bond donors (Lipinski definition) is 3. The lowest BCUT2D eigenvalue weighted by atomic mass is 10.2. The second kappa shape index (κ2) is 52.0. The van der Waals surface area contributed by atoms with E-state index in [1.165, 1.54) is 0 Å². The highest BCUT2D eigenvalue weighted by atomic mass is 35.7. The summed E-state index contributed by atoms with van der Waals surface area (Å²) < 4.78 is 138. The Labute approximate surface area is 606 Å². The molecule has 8 atom stereocenters. The number of para-hydroxylation sites is 2. The fourth-order valence-electron chi connectivity index (χ4n) is 6.43. The molecule has 0 radical (unpaired) electrons. The molecular weight excluding hydrogens is 1580 g/mol. The first-order valence-corrected chi connectivity index (χ1v) is 42.6. The van der Waals surface area contributed by atoms with Gasteiger partial charge in [0.15, 0.2) is 0 Å². The van der Waals surface area contributed by atoms with Gasteiger partial charge in [-0.2, -0.15) is 4.31 Å². The first-order valence-electron chi connectivity index (χ1n) is 30.9. The number of ether oxygens (including phenoxy) is 5. The molecule has 2 aromatic carbocycles. The van der Waals surface area contributed by atoms with Crippen LogP contribution in [0.25, 0.3) is 0 Å². The number of carbonyl (C=O) groups is 12. The van der Waals surface area contributed by atoms with Crippen LogP contribution in [0, 0.1) is 0 Å². The molecule has 588 valence electrons. The normalized spacial score (nSPS) is 22.4. The van der Waals surface area contributed by atoms with E-state index in [4.69, 9.17) is 63.0 Å². The molecule has 2 saturated heterocycles. The predicted molar refractivity (Wildman–Crippen MR) is 354 cm³/mol. The van der Waals surface area contributed by atoms with Crippen LogP contribution >= 0.6 is 75.3 Å². The standard InChI is InChI=1S/C15H17O7P.C9H16O3.C8H15O12P3.C8H15O11P3.C8H14O4.C7H4ClO3P/c1-2-11(16)7-8-14(17)19-9-10-20-23-21-13-6-4-3-5-12(13)15(18)22-23;1-3-7-12-9(11)6-5-8(10)4-2;1-2-7(9)3-4-8(10)16-5-6-17-23(15)19-21(11,12)18-22(13,14)20-23;1-2-7(9)3-4-8(10)15-5-6-16-20-17-21(11,12)19-22(13,14)18-20;1-2-7(10)3-4-8(11)12-6-5-9;8-12-10-6-4-2-1-3-5(6)7(9)11-12/h3-6H,2,7-10H2,1H3;3-7H2,1-2H3;2-6H2,1H3,(H,11,12)(H,13,14);2-6H2,1H3,(H,11,12)(H,13,14);9H,2-6H2,1H3;1-4H/p-1. The molecule has 0 aromatic heterocycles. The van der Waals surface area contributed by atoms with Gasteiger partial charge in [-0.05, 0) is 41.9 Å². The Morgan fingerprint density at radius 3 is 1.19 bits per heavy atom. The van der Waals surface area contributed by atoms with Gasteiger partial charge < -0.3 is 71.0 Å². The number of halogens is 1. The number of esters is 5. The maximum atomic E-state index is 11.7. The summed E-state index contributed by atoms with van der Waals surface area (Å²) in [6.45, 7) is 9.14. The number of aliphatic hydroxyl groups is 1. The third-order valence-corrected chi connectivity index (χ3v) is 23.7. The Morgan fingerprint density at radius 1 is 0.433 bits per heavy atom. The van der Waals surface area contributed by atoms with Crippen LogP contribution in [0.4, 0.5) is 0 Å². The van der Waals surface area contributed by atoms with Crippen LogP contribution in [0.5, 0.6) is 11.5 Å². The van der Waals surface area contributed by atoms with Crippen LogP contribution in [0.3, 0.4) is 0 Å². The maximum Gasteiger partial charge on any atom is 1.00 e. The largest absolute Gasteiger partial charge is 1.00 e. The topological polar surface area (TPSA) is 563 Å². The Bertz CT molecular complexity index is 3330. The van der Waals surface area contributed by atoms with E-state index in [1.807, 2.05) is 6.92 Å². The van der Waals surface area contributed by atoms with Gasteiger partial charge in [0, 0.05) is 64.2 Å². The molecular formula is C55H80ClO40P8-. The van der Waals surface area contributed by atoms with Crippen molar-refractivity contribution in [1.82, 2.24) is 0 Å². The number of Topliss-reactive ketones (excluding diaryl/α,β-unsaturated/α-hetero) is 5. The van der Waals surface area contributed by atoms with Crippen molar-refractivity contribution in [1.29, 1.82) is 0 Å². The zero-order valence-electron chi connectivity index (χ0n) is 57.7. The molecule has 8 unspecified atom stereocenters. The van der Waals surface area contributed by atoms with Crippen molar-refractivity contribution in [2.45, 2.75) is 144 Å². The molecule has 49 heteroatoms. The Hall–Kier alpha value is -5.15. The molecule has 0 aliphatic carbocycles. The first-order chi connectivity index (χ1) is 48.9. The summed E-state index contributed by atoms with van der Waals surface area (Å²) in [7, 11) is -31.3. The highest BCUT2D eigenvalue weighted by Crippen LogP contribution is 2.79. The Morgan fingerprint density at radius 2 is 0.798 bits per heavy atom. The number of aliphatic hydroxyl groups excluding tert-OH is 1. The molecule has 40 nitrogen and oxygen atoms in total. The van der Waals surface area contributed by atoms with Gasteiger partial charge in [-0.1, -0.05) is 65.8 Å². The molecule has 0 spiro atoms. The summed E-state index contributed by atoms with van der Waals surface area (Å²) in [5.74, 6) is -2.56. The van der Waals surface area contributed by atoms with E-state index in [-0.39, 0.29) is 140 Å². The number of carbonyl (C=O) groups excluding carboxylic acids is 12. The summed E-state index contributed by atoms with van der Waals surface area (Å²) in [6.07, 6.45) is 3.77. The van der Waals surface area contributed by atoms with Crippen molar-refractivity contribution < 1.29 is 188 Å². The van der Waals surface area contributed by atoms with Crippen LogP contribution in [0.15, 0.2) is 48.5 Å². The fourth-order valence-corrected chi connectivity index (χ4v) is 17.3. The summed E-state index contributed by atoms with van der Waals surface area (Å²) in [5, 5.41) is 8.29. The fraction of sp³-hybridized carbons (Fsp3) is 0.564. The van der Waals surface area contributed by atoms with E-state index in [1.54, 1.807) is 83.1 Å². The zero-order chi connectivity index (χ0) is 78.5. The second-order valence-electron chi connectivity index (χ2n) is 19.6. The van der Waals surface area contributed by atoms with Crippen molar-refractivity contribution in [2.24, 2.45) is 0 Å². The Balaban J connectivity index is 0.00000126. The van der Waals surface area contributed by atoms with Crippen LogP contribution in [-0.2, 0) is 143 Å². The molecule has 2 aromatic rings. The van der Waals surface area contributed by atoms with Crippen molar-refractivity contribution >= 4 is 146 Å². The van der Waals surface area contributed by atoms with Crippen molar-refractivity contribution in [3.63, 3.8) is 0 Å². The van der Waals surface area contributed by atoms with E-state index in [9.17, 15) is 90.1 Å². The van der Waals surface area contributed by atoms with E-state index in [2.05, 4.69) is 44.4 Å². The number of fused-ring (bicyclic) bond motifs is 2. The van der Waals surface area contributed by atoms with Gasteiger partial charge in [0.05, 0.1) is 65.1 Å². The Kier molecular flexibility index (Phi) is 48.4. The minimum absolute atomic E-state index is 0. The lowest BCUT2D eigenvalue weighted by Crippen LogP contribution is -2.16. The van der Waals surface area contributed by atoms with Gasteiger partial charge in [0.25, 0.3) is 15.6 Å². The maximum absolute atomic E-state index is 11.7. The average molecular weight is 1660 g/mol. The van der Waals surface area contributed by atoms with Gasteiger partial charge in [-0.3, -0.25) is 66.1 Å². The molecule has 4 aliphatic rings. The summed E-state index contributed by atoms with van der Waals surface area (Å²) in [5.41, 5.74) is 0.777. The van der Waals surface area contributed by atoms with E-state index in [0.717, 1.165) is 6.42 Å². The van der Waals surface area contributed by atoms with Gasteiger partial charge in [0.1, 0.15) is 78.0 Å². The predicted octanol–water partition coefficient (Wildman–Crippen LogP) is 9.79. The second-order valence-corrected chi connectivity index (χ2v) is 31.8. The lowest BCUT2D eigenvalue weighted by molar-refractivity contribution is -0.214. The average Bonchev–Trinajstić information content (AvgIpc) is 0.449. The minimum atomic E-state index is -5.34. The highest BCUT2D eigenvalue weighted by Gasteiger charge is 2.50. The van der Waals surface area contributed by atoms with Gasteiger partial charge >= 0.3 is 91.6 Å². The van der Waals surface area contributed by atoms with Crippen LogP contribution in [-0.4, -0.2) is 145 Å². The molecule has 0 amide bonds. The van der Waals surface area contributed by atoms with Crippen molar-refractivity contribution in [3.8, 4) is 11.5 Å². The SMILES string of the molecule is CCC(=O)CCC(=O)OCCO.CCC(=O)CCC(=O)OCCOP1(=O)OP(=O)([O-])OP(=O)(O)O1.CCC(=O)CCC(=O)OCCOP1OC(=O)c2ccccc2O1.CCC(=O)CCC(=O)OCCOP1OP(=O)([O-])OP(=O)(O)O1.CCCOC(=O)CCC(=O)CC.O=C1OP(Cl)Oc2ccccc21.[H+]. The van der Waals surface area contributed by atoms with E-state index in [0.29, 0.717) is 61.3 Å². The zero-order valence-corrected chi connectivity index (χ0v) is 64.6. The number of rotatable bonds is 36. The molecule has 3 N–H and O–H groups in total. The van der Waals surface area contributed by atoms with E-state index >= 15 is 0 Å². The third-order valence-electron chi connectivity index (χ3n) is 11.5. The summed E-state index contributed by atoms with van der Waals surface area (Å²) >= 11 is 5.54. The smallest absolute Gasteiger partial charge is 0.756 e. The van der Waals surface area contributed by atoms with Crippen LogP contribution in [0.2, 0.25) is 0 Å². The first kappa shape index (κ1) is 96.9. The number of phosphoric acid groups is 5. The minimum Gasteiger partial charge on any atom is -0.756 e. The van der Waals surface area contributed by atoms with Gasteiger partial charge in [-0.15, -0.1) is 0 Å². The number of benzene rings is 2. The molecule has 4 aliphatic heterocycles. The monoisotopic (exact) mass is 1660 g/mol. The molecule has 104 heavy (non-hydrogen) atoms.